The summed E-state index contributed by atoms with van der Waals surface area (Å²) in [5.41, 5.74) is 1.05. The van der Waals surface area contributed by atoms with E-state index in [0.29, 0.717) is 11.5 Å². The molecule has 0 aromatic heterocycles. The van der Waals surface area contributed by atoms with Gasteiger partial charge in [-0.15, -0.1) is 0 Å². The summed E-state index contributed by atoms with van der Waals surface area (Å²) >= 11 is 0. The van der Waals surface area contributed by atoms with E-state index in [0.717, 1.165) is 5.57 Å². The Morgan fingerprint density at radius 1 is 1.18 bits per heavy atom. The van der Waals surface area contributed by atoms with Crippen LogP contribution in [0.1, 0.15) is 13.8 Å². The molecule has 0 saturated carbocycles. The molecule has 0 rings (SSSR count). The summed E-state index contributed by atoms with van der Waals surface area (Å²) in [5.74, 6) is 0. The zero-order chi connectivity index (χ0) is 13.1. The van der Waals surface area contributed by atoms with E-state index in [1.165, 1.54) is 0 Å². The van der Waals surface area contributed by atoms with Gasteiger partial charge in [-0.1, -0.05) is 61.8 Å². The van der Waals surface area contributed by atoms with Gasteiger partial charge in [0.1, 0.15) is 7.80 Å². The Hall–Kier alpha value is -1.33. The lowest BCUT2D eigenvalue weighted by Crippen LogP contribution is -1.83. The molecule has 0 N–H and O–H groups in total. The molecule has 0 amide bonds. The third kappa shape index (κ3) is 7.54. The summed E-state index contributed by atoms with van der Waals surface area (Å²) in [6.07, 6.45) is 15.5. The monoisotopic (exact) mass is 248 g/mol. The normalized spacial score (nSPS) is 14.8. The fourth-order valence-electron chi connectivity index (χ4n) is 1.12. The van der Waals surface area contributed by atoms with Crippen LogP contribution in [0.5, 0.6) is 0 Å². The predicted octanol–water partition coefficient (Wildman–Crippen LogP) is 4.88. The molecule has 17 heavy (non-hydrogen) atoms. The van der Waals surface area contributed by atoms with Crippen molar-refractivity contribution in [1.29, 1.82) is 0 Å². The average molecular weight is 248 g/mol. The van der Waals surface area contributed by atoms with Crippen molar-refractivity contribution in [3.63, 3.8) is 0 Å². The summed E-state index contributed by atoms with van der Waals surface area (Å²) in [5, 5.41) is 0.708. The van der Waals surface area contributed by atoms with Crippen LogP contribution in [0.15, 0.2) is 72.7 Å². The first-order valence-electron chi connectivity index (χ1n) is 5.61. The Morgan fingerprint density at radius 3 is 2.41 bits per heavy atom. The van der Waals surface area contributed by atoms with Crippen LogP contribution in [0.4, 0.5) is 0 Å². The Kier molecular flexibility index (Phi) is 9.09. The zero-order valence-corrected chi connectivity index (χ0v) is 11.6. The summed E-state index contributed by atoms with van der Waals surface area (Å²) < 4.78 is 12.0. The van der Waals surface area contributed by atoms with Gasteiger partial charge in [0.15, 0.2) is 0 Å². The standard InChI is InChI=1S/C15H21OP/c1-5-8-10-11-14(4)17(16)13-15(7-3)12-9-6-2/h5-12,17H,2,4,13H2,1,3H3/b8-5-,11-10-,12-9-,15-7+. The third-order valence-corrected chi connectivity index (χ3v) is 3.75. The van der Waals surface area contributed by atoms with Crippen molar-refractivity contribution in [1.82, 2.24) is 0 Å². The third-order valence-electron chi connectivity index (χ3n) is 2.14. The number of hydrogen-bond acceptors (Lipinski definition) is 1. The summed E-state index contributed by atoms with van der Waals surface area (Å²) in [7, 11) is -1.81. The fraction of sp³-hybridized carbons (Fsp3) is 0.200. The first kappa shape index (κ1) is 15.7. The highest BCUT2D eigenvalue weighted by atomic mass is 31.1. The molecule has 0 aliphatic carbocycles. The molecular weight excluding hydrogens is 227 g/mol. The maximum absolute atomic E-state index is 12.0. The van der Waals surface area contributed by atoms with Crippen LogP contribution in [0, 0.1) is 0 Å². The summed E-state index contributed by atoms with van der Waals surface area (Å²) in [6, 6.07) is 0. The van der Waals surface area contributed by atoms with Crippen LogP contribution in [0.2, 0.25) is 0 Å². The Balaban J connectivity index is 4.47. The number of rotatable bonds is 7. The topological polar surface area (TPSA) is 17.1 Å². The molecule has 0 aromatic rings. The van der Waals surface area contributed by atoms with Crippen molar-refractivity contribution in [2.75, 3.05) is 6.16 Å². The van der Waals surface area contributed by atoms with Gasteiger partial charge in [0, 0.05) is 11.5 Å². The van der Waals surface area contributed by atoms with Crippen molar-refractivity contribution in [2.45, 2.75) is 13.8 Å². The summed E-state index contributed by atoms with van der Waals surface area (Å²) in [4.78, 5) is 0. The van der Waals surface area contributed by atoms with Gasteiger partial charge in [-0.3, -0.25) is 0 Å². The van der Waals surface area contributed by atoms with Gasteiger partial charge >= 0.3 is 0 Å². The molecule has 0 fully saturated rings. The maximum Gasteiger partial charge on any atom is 0.107 e. The number of allylic oxidation sites excluding steroid dienone is 10. The van der Waals surface area contributed by atoms with E-state index in [9.17, 15) is 4.57 Å². The predicted molar refractivity (Wildman–Crippen MR) is 80.1 cm³/mol. The lowest BCUT2D eigenvalue weighted by molar-refractivity contribution is 0.593. The van der Waals surface area contributed by atoms with Crippen molar-refractivity contribution in [2.24, 2.45) is 0 Å². The minimum absolute atomic E-state index is 0.560. The van der Waals surface area contributed by atoms with E-state index in [1.54, 1.807) is 6.08 Å². The van der Waals surface area contributed by atoms with Gasteiger partial charge in [-0.05, 0) is 19.4 Å². The minimum Gasteiger partial charge on any atom is -0.322 e. The highest BCUT2D eigenvalue weighted by Crippen LogP contribution is 2.34. The SMILES string of the molecule is C=C/C=C\C(=C/C)C[PH](=O)C(=C)/C=C\C=C/C. The molecule has 1 nitrogen and oxygen atoms in total. The molecule has 0 aromatic carbocycles. The maximum atomic E-state index is 12.0. The highest BCUT2D eigenvalue weighted by Gasteiger charge is 2.03. The molecule has 0 radical (unpaired) electrons. The molecule has 2 heteroatoms. The van der Waals surface area contributed by atoms with Gasteiger partial charge in [0.25, 0.3) is 0 Å². The summed E-state index contributed by atoms with van der Waals surface area (Å²) in [6.45, 7) is 11.3. The minimum atomic E-state index is -1.81. The van der Waals surface area contributed by atoms with Gasteiger partial charge in [-0.25, -0.2) is 0 Å². The lowest BCUT2D eigenvalue weighted by atomic mass is 10.2. The molecule has 0 heterocycles. The second-order valence-corrected chi connectivity index (χ2v) is 5.31. The molecule has 0 saturated heterocycles. The van der Waals surface area contributed by atoms with E-state index < -0.39 is 7.80 Å². The van der Waals surface area contributed by atoms with Crippen LogP contribution in [0.3, 0.4) is 0 Å². The van der Waals surface area contributed by atoms with Crippen molar-refractivity contribution >= 4 is 7.80 Å². The van der Waals surface area contributed by atoms with Crippen LogP contribution >= 0.6 is 7.80 Å². The molecule has 1 unspecified atom stereocenters. The smallest absolute Gasteiger partial charge is 0.107 e. The Labute approximate surface area is 105 Å². The fourth-order valence-corrected chi connectivity index (χ4v) is 2.33. The second-order valence-electron chi connectivity index (χ2n) is 3.47. The van der Waals surface area contributed by atoms with Crippen LogP contribution < -0.4 is 0 Å². The quantitative estimate of drug-likeness (QED) is 0.463. The van der Waals surface area contributed by atoms with Crippen LogP contribution in [-0.2, 0) is 4.57 Å². The van der Waals surface area contributed by atoms with E-state index in [2.05, 4.69) is 13.2 Å². The largest absolute Gasteiger partial charge is 0.322 e. The first-order valence-corrected chi connectivity index (χ1v) is 7.23. The molecule has 0 bridgehead atoms. The lowest BCUT2D eigenvalue weighted by Gasteiger charge is -2.02. The highest BCUT2D eigenvalue weighted by molar-refractivity contribution is 7.50. The average Bonchev–Trinajstić information content (AvgIpc) is 2.34. The van der Waals surface area contributed by atoms with Gasteiger partial charge in [0.2, 0.25) is 0 Å². The Morgan fingerprint density at radius 2 is 1.88 bits per heavy atom. The molecule has 0 spiro atoms. The van der Waals surface area contributed by atoms with Crippen molar-refractivity contribution < 1.29 is 4.57 Å². The van der Waals surface area contributed by atoms with Gasteiger partial charge < -0.3 is 4.57 Å². The van der Waals surface area contributed by atoms with Gasteiger partial charge in [-0.2, -0.15) is 0 Å². The van der Waals surface area contributed by atoms with Crippen molar-refractivity contribution in [3.05, 3.63) is 72.7 Å². The molecule has 1 atom stereocenters. The van der Waals surface area contributed by atoms with Crippen LogP contribution in [0.25, 0.3) is 0 Å². The van der Waals surface area contributed by atoms with Crippen molar-refractivity contribution in [3.8, 4) is 0 Å². The molecule has 0 aliphatic rings. The zero-order valence-electron chi connectivity index (χ0n) is 10.6. The van der Waals surface area contributed by atoms with E-state index in [-0.39, 0.29) is 0 Å². The van der Waals surface area contributed by atoms with Gasteiger partial charge in [0.05, 0.1) is 0 Å². The molecule has 0 aliphatic heterocycles. The molecular formula is C15H21OP. The number of hydrogen-bond donors (Lipinski definition) is 0. The van der Waals surface area contributed by atoms with E-state index in [1.807, 2.05) is 56.4 Å². The Bertz CT molecular complexity index is 395. The second kappa shape index (κ2) is 9.86. The van der Waals surface area contributed by atoms with E-state index in [4.69, 9.17) is 0 Å². The van der Waals surface area contributed by atoms with E-state index >= 15 is 0 Å². The molecule has 92 valence electrons. The first-order chi connectivity index (χ1) is 8.15. The van der Waals surface area contributed by atoms with Crippen LogP contribution in [-0.4, -0.2) is 6.16 Å².